The minimum atomic E-state index is -3.82. The Hall–Kier alpha value is -3.08. The van der Waals surface area contributed by atoms with E-state index in [0.717, 1.165) is 16.7 Å². The van der Waals surface area contributed by atoms with E-state index in [9.17, 15) is 8.42 Å². The normalized spacial score (nSPS) is 18.8. The molecule has 3 aromatic rings. The van der Waals surface area contributed by atoms with Crippen LogP contribution in [0.2, 0.25) is 0 Å². The van der Waals surface area contributed by atoms with Crippen molar-refractivity contribution in [2.75, 3.05) is 20.3 Å². The third-order valence-electron chi connectivity index (χ3n) is 5.85. The number of hydroxylamine groups is 2. The van der Waals surface area contributed by atoms with Crippen molar-refractivity contribution in [2.45, 2.75) is 17.5 Å². The summed E-state index contributed by atoms with van der Waals surface area (Å²) in [6.07, 6.45) is -0.208. The van der Waals surface area contributed by atoms with E-state index in [1.165, 1.54) is 6.07 Å². The van der Waals surface area contributed by atoms with E-state index < -0.39 is 10.0 Å². The molecule has 0 aromatic heterocycles. The summed E-state index contributed by atoms with van der Waals surface area (Å²) in [5.74, 6) is 0.136. The number of nitrogens with one attached hydrogen (secondary N) is 1. The molecule has 34 heavy (non-hydrogen) atoms. The SMILES string of the molecule is COC[C@H]1CN(Cc2ccc(-c3ccccc3S(N)(=O)=O)cc2)O[C@@H]1c1cccc(C(=N)N)c1. The molecule has 178 valence electrons. The monoisotopic (exact) mass is 480 g/mol. The number of primary sulfonamides is 1. The average molecular weight is 481 g/mol. The number of hydrogen-bond acceptors (Lipinski definition) is 6. The molecule has 1 aliphatic rings. The van der Waals surface area contributed by atoms with E-state index in [2.05, 4.69) is 0 Å². The fourth-order valence-electron chi connectivity index (χ4n) is 4.27. The fraction of sp³-hybridized carbons (Fsp3) is 0.240. The van der Waals surface area contributed by atoms with Crippen molar-refractivity contribution in [3.63, 3.8) is 0 Å². The van der Waals surface area contributed by atoms with Crippen LogP contribution in [0.15, 0.2) is 77.7 Å². The van der Waals surface area contributed by atoms with Crippen LogP contribution in [0.5, 0.6) is 0 Å². The predicted octanol–water partition coefficient (Wildman–Crippen LogP) is 3.04. The van der Waals surface area contributed by atoms with Gasteiger partial charge in [0.25, 0.3) is 0 Å². The van der Waals surface area contributed by atoms with Crippen molar-refractivity contribution in [3.05, 3.63) is 89.5 Å². The highest BCUT2D eigenvalue weighted by molar-refractivity contribution is 7.89. The number of hydrogen-bond donors (Lipinski definition) is 3. The molecule has 8 nitrogen and oxygen atoms in total. The zero-order valence-electron chi connectivity index (χ0n) is 18.8. The Morgan fingerprint density at radius 2 is 1.85 bits per heavy atom. The number of sulfonamides is 1. The van der Waals surface area contributed by atoms with E-state index in [1.54, 1.807) is 31.4 Å². The van der Waals surface area contributed by atoms with E-state index in [-0.39, 0.29) is 22.8 Å². The van der Waals surface area contributed by atoms with Gasteiger partial charge in [0.1, 0.15) is 11.9 Å². The minimum absolute atomic E-state index is 0.0177. The number of nitrogen functional groups attached to an aromatic ring is 1. The number of ether oxygens (including phenoxy) is 1. The van der Waals surface area contributed by atoms with Gasteiger partial charge in [-0.2, -0.15) is 5.06 Å². The second-order valence-electron chi connectivity index (χ2n) is 8.34. The summed E-state index contributed by atoms with van der Waals surface area (Å²) >= 11 is 0. The smallest absolute Gasteiger partial charge is 0.238 e. The van der Waals surface area contributed by atoms with E-state index >= 15 is 0 Å². The highest BCUT2D eigenvalue weighted by atomic mass is 32.2. The molecular formula is C25H28N4O4S. The number of nitrogens with two attached hydrogens (primary N) is 2. The van der Waals surface area contributed by atoms with E-state index in [0.29, 0.717) is 30.8 Å². The van der Waals surface area contributed by atoms with Crippen LogP contribution < -0.4 is 10.9 Å². The minimum Gasteiger partial charge on any atom is -0.384 e. The molecule has 0 spiro atoms. The first-order chi connectivity index (χ1) is 16.3. The summed E-state index contributed by atoms with van der Waals surface area (Å²) in [6.45, 7) is 1.77. The molecule has 1 fully saturated rings. The first-order valence-electron chi connectivity index (χ1n) is 10.8. The Morgan fingerprint density at radius 3 is 2.53 bits per heavy atom. The third-order valence-corrected chi connectivity index (χ3v) is 6.82. The summed E-state index contributed by atoms with van der Waals surface area (Å²) < 4.78 is 29.3. The predicted molar refractivity (Wildman–Crippen MR) is 130 cm³/mol. The second kappa shape index (κ2) is 10.0. The van der Waals surface area contributed by atoms with Gasteiger partial charge < -0.3 is 10.5 Å². The highest BCUT2D eigenvalue weighted by Gasteiger charge is 2.35. The van der Waals surface area contributed by atoms with Crippen molar-refractivity contribution in [3.8, 4) is 11.1 Å². The summed E-state index contributed by atoms with van der Waals surface area (Å²) in [7, 11) is -2.15. The maximum atomic E-state index is 11.9. The summed E-state index contributed by atoms with van der Waals surface area (Å²) in [5, 5.41) is 15.0. The third kappa shape index (κ3) is 5.35. The lowest BCUT2D eigenvalue weighted by Crippen LogP contribution is -2.20. The average Bonchev–Trinajstić information content (AvgIpc) is 3.21. The van der Waals surface area contributed by atoms with Gasteiger partial charge in [0.05, 0.1) is 11.5 Å². The molecule has 0 radical (unpaired) electrons. The van der Waals surface area contributed by atoms with Gasteiger partial charge in [-0.1, -0.05) is 60.7 Å². The lowest BCUT2D eigenvalue weighted by Gasteiger charge is -2.18. The second-order valence-corrected chi connectivity index (χ2v) is 9.87. The molecule has 3 aromatic carbocycles. The Balaban J connectivity index is 1.51. The molecule has 0 amide bonds. The Labute approximate surface area is 199 Å². The van der Waals surface area contributed by atoms with Gasteiger partial charge in [-0.05, 0) is 28.8 Å². The molecule has 0 aliphatic carbocycles. The van der Waals surface area contributed by atoms with Crippen molar-refractivity contribution in [2.24, 2.45) is 16.8 Å². The Kier molecular flexibility index (Phi) is 7.11. The van der Waals surface area contributed by atoms with Crippen molar-refractivity contribution < 1.29 is 18.0 Å². The first kappa shape index (κ1) is 24.1. The summed E-state index contributed by atoms with van der Waals surface area (Å²) in [4.78, 5) is 6.38. The van der Waals surface area contributed by atoms with Gasteiger partial charge in [-0.15, -0.1) is 0 Å². The molecule has 9 heteroatoms. The van der Waals surface area contributed by atoms with Crippen molar-refractivity contribution >= 4 is 15.9 Å². The van der Waals surface area contributed by atoms with Gasteiger partial charge in [0, 0.05) is 37.2 Å². The van der Waals surface area contributed by atoms with Gasteiger partial charge >= 0.3 is 0 Å². The van der Waals surface area contributed by atoms with Gasteiger partial charge in [0.15, 0.2) is 0 Å². The van der Waals surface area contributed by atoms with Crippen LogP contribution in [-0.2, 0) is 26.1 Å². The molecule has 0 bridgehead atoms. The molecule has 5 N–H and O–H groups in total. The quantitative estimate of drug-likeness (QED) is 0.335. The topological polar surface area (TPSA) is 132 Å². The van der Waals surface area contributed by atoms with Crippen LogP contribution >= 0.6 is 0 Å². The number of methoxy groups -OCH3 is 1. The number of benzene rings is 3. The number of rotatable bonds is 8. The largest absolute Gasteiger partial charge is 0.384 e. The lowest BCUT2D eigenvalue weighted by molar-refractivity contribution is -0.156. The van der Waals surface area contributed by atoms with Crippen LogP contribution in [0.1, 0.15) is 22.8 Å². The molecule has 1 saturated heterocycles. The Morgan fingerprint density at radius 1 is 1.12 bits per heavy atom. The molecule has 0 saturated carbocycles. The molecular weight excluding hydrogens is 452 g/mol. The van der Waals surface area contributed by atoms with Gasteiger partial charge in [-0.25, -0.2) is 13.6 Å². The first-order valence-corrected chi connectivity index (χ1v) is 12.4. The van der Waals surface area contributed by atoms with Crippen LogP contribution in [0.3, 0.4) is 0 Å². The highest BCUT2D eigenvalue weighted by Crippen LogP contribution is 2.36. The van der Waals surface area contributed by atoms with Gasteiger partial charge in [0.2, 0.25) is 10.0 Å². The van der Waals surface area contributed by atoms with Crippen molar-refractivity contribution in [1.29, 1.82) is 5.41 Å². The van der Waals surface area contributed by atoms with Crippen LogP contribution in [-0.4, -0.2) is 39.6 Å². The molecule has 1 aliphatic heterocycles. The number of amidine groups is 1. The zero-order chi connectivity index (χ0) is 24.3. The standard InChI is InChI=1S/C25H28N4O4S/c1-32-16-21-15-29(33-24(21)19-5-4-6-20(13-19)25(26)27)14-17-9-11-18(12-10-17)22-7-2-3-8-23(22)34(28,30)31/h2-13,21,24H,14-16H2,1H3,(H3,26,27)(H2,28,30,31)/t21-,24-/m1/s1. The molecule has 1 heterocycles. The fourth-order valence-corrected chi connectivity index (χ4v) is 5.03. The summed E-state index contributed by atoms with van der Waals surface area (Å²) in [5.41, 5.74) is 9.63. The zero-order valence-corrected chi connectivity index (χ0v) is 19.7. The van der Waals surface area contributed by atoms with Crippen molar-refractivity contribution in [1.82, 2.24) is 5.06 Å². The Bertz CT molecular complexity index is 1280. The van der Waals surface area contributed by atoms with Crippen LogP contribution in [0.25, 0.3) is 11.1 Å². The maximum absolute atomic E-state index is 11.9. The van der Waals surface area contributed by atoms with Gasteiger partial charge in [-0.3, -0.25) is 10.2 Å². The van der Waals surface area contributed by atoms with E-state index in [4.69, 9.17) is 25.9 Å². The summed E-state index contributed by atoms with van der Waals surface area (Å²) in [6, 6.07) is 21.9. The van der Waals surface area contributed by atoms with Crippen LogP contribution in [0, 0.1) is 11.3 Å². The maximum Gasteiger partial charge on any atom is 0.238 e. The molecule has 4 rings (SSSR count). The molecule has 2 atom stereocenters. The number of nitrogens with zero attached hydrogens (tertiary/aromatic N) is 1. The molecule has 0 unspecified atom stereocenters. The van der Waals surface area contributed by atoms with Crippen LogP contribution in [0.4, 0.5) is 0 Å². The van der Waals surface area contributed by atoms with E-state index in [1.807, 2.05) is 47.5 Å². The lowest BCUT2D eigenvalue weighted by atomic mass is 9.95.